The summed E-state index contributed by atoms with van der Waals surface area (Å²) < 4.78 is 0. The molecule has 4 nitrogen and oxygen atoms in total. The smallest absolute Gasteiger partial charge is 0.307 e. The summed E-state index contributed by atoms with van der Waals surface area (Å²) in [7, 11) is 0. The van der Waals surface area contributed by atoms with Gasteiger partial charge in [0, 0.05) is 5.69 Å². The Hall–Kier alpha value is -1.84. The van der Waals surface area contributed by atoms with Gasteiger partial charge >= 0.3 is 5.97 Å². The fourth-order valence-electron chi connectivity index (χ4n) is 3.21. The molecular formula is C17H23NO3. The van der Waals surface area contributed by atoms with Crippen molar-refractivity contribution in [2.75, 3.05) is 5.32 Å². The topological polar surface area (TPSA) is 66.4 Å². The molecule has 0 radical (unpaired) electrons. The fourth-order valence-corrected chi connectivity index (χ4v) is 3.21. The molecule has 0 bridgehead atoms. The number of hydrogen-bond donors (Lipinski definition) is 2. The Morgan fingerprint density at radius 3 is 2.48 bits per heavy atom. The van der Waals surface area contributed by atoms with Crippen LogP contribution in [0.2, 0.25) is 0 Å². The van der Waals surface area contributed by atoms with Crippen molar-refractivity contribution < 1.29 is 14.7 Å². The van der Waals surface area contributed by atoms with Crippen molar-refractivity contribution in [2.45, 2.75) is 39.5 Å². The van der Waals surface area contributed by atoms with Gasteiger partial charge in [-0.3, -0.25) is 9.59 Å². The molecule has 2 rings (SSSR count). The van der Waals surface area contributed by atoms with Gasteiger partial charge in [0.05, 0.1) is 11.8 Å². The van der Waals surface area contributed by atoms with Crippen LogP contribution in [0.4, 0.5) is 5.69 Å². The molecule has 0 aliphatic heterocycles. The van der Waals surface area contributed by atoms with Gasteiger partial charge in [0.15, 0.2) is 0 Å². The molecule has 1 aliphatic carbocycles. The molecule has 114 valence electrons. The van der Waals surface area contributed by atoms with Crippen molar-refractivity contribution in [1.29, 1.82) is 0 Å². The molecule has 21 heavy (non-hydrogen) atoms. The van der Waals surface area contributed by atoms with E-state index in [2.05, 4.69) is 12.2 Å². The predicted molar refractivity (Wildman–Crippen MR) is 82.1 cm³/mol. The number of anilines is 1. The fraction of sp³-hybridized carbons (Fsp3) is 0.529. The van der Waals surface area contributed by atoms with Crippen LogP contribution in [0.1, 0.15) is 38.7 Å². The zero-order chi connectivity index (χ0) is 15.4. The third kappa shape index (κ3) is 3.43. The average molecular weight is 289 g/mol. The number of aliphatic carboxylic acids is 1. The van der Waals surface area contributed by atoms with Crippen molar-refractivity contribution in [3.8, 4) is 0 Å². The highest BCUT2D eigenvalue weighted by molar-refractivity contribution is 5.96. The van der Waals surface area contributed by atoms with E-state index in [-0.39, 0.29) is 5.91 Å². The summed E-state index contributed by atoms with van der Waals surface area (Å²) in [4.78, 5) is 23.9. The van der Waals surface area contributed by atoms with Crippen LogP contribution in [0.25, 0.3) is 0 Å². The quantitative estimate of drug-likeness (QED) is 0.873. The Balaban J connectivity index is 2.13. The van der Waals surface area contributed by atoms with E-state index in [9.17, 15) is 14.7 Å². The van der Waals surface area contributed by atoms with Crippen LogP contribution in [-0.2, 0) is 16.0 Å². The molecule has 1 saturated carbocycles. The van der Waals surface area contributed by atoms with Gasteiger partial charge in [0.1, 0.15) is 0 Å². The number of hydrogen-bond acceptors (Lipinski definition) is 2. The monoisotopic (exact) mass is 289 g/mol. The number of amides is 1. The van der Waals surface area contributed by atoms with Gasteiger partial charge in [-0.15, -0.1) is 0 Å². The number of para-hydroxylation sites is 1. The highest BCUT2D eigenvalue weighted by Crippen LogP contribution is 2.39. The first-order valence-corrected chi connectivity index (χ1v) is 7.68. The largest absolute Gasteiger partial charge is 0.481 e. The Morgan fingerprint density at radius 2 is 1.86 bits per heavy atom. The van der Waals surface area contributed by atoms with Crippen LogP contribution in [0.15, 0.2) is 24.3 Å². The molecule has 1 fully saturated rings. The number of rotatable bonds is 5. The standard InChI is InChI=1S/C17H23NO3/c1-3-11-9-13(14(10-11)17(20)21)16(19)18-15-8-6-5-7-12(15)4-2/h5-8,11,13-14H,3-4,9-10H2,1-2H3,(H,18,19)(H,20,21). The van der Waals surface area contributed by atoms with Crippen LogP contribution in [0.5, 0.6) is 0 Å². The van der Waals surface area contributed by atoms with E-state index in [0.717, 1.165) is 24.1 Å². The molecule has 0 heterocycles. The molecule has 3 atom stereocenters. The molecule has 4 heteroatoms. The summed E-state index contributed by atoms with van der Waals surface area (Å²) >= 11 is 0. The highest BCUT2D eigenvalue weighted by Gasteiger charge is 2.42. The predicted octanol–water partition coefficient (Wildman–Crippen LogP) is 3.32. The van der Waals surface area contributed by atoms with Crippen molar-refractivity contribution >= 4 is 17.6 Å². The Morgan fingerprint density at radius 1 is 1.19 bits per heavy atom. The normalized spacial score (nSPS) is 24.8. The molecule has 2 N–H and O–H groups in total. The number of nitrogens with one attached hydrogen (secondary N) is 1. The maximum Gasteiger partial charge on any atom is 0.307 e. The molecule has 0 saturated heterocycles. The summed E-state index contributed by atoms with van der Waals surface area (Å²) in [6, 6.07) is 7.68. The van der Waals surface area contributed by atoms with Crippen molar-refractivity contribution in [2.24, 2.45) is 17.8 Å². The molecule has 1 aliphatic rings. The van der Waals surface area contributed by atoms with Crippen LogP contribution >= 0.6 is 0 Å². The van der Waals surface area contributed by atoms with Gasteiger partial charge in [-0.2, -0.15) is 0 Å². The van der Waals surface area contributed by atoms with Gasteiger partial charge in [0.25, 0.3) is 0 Å². The first-order chi connectivity index (χ1) is 10.1. The first-order valence-electron chi connectivity index (χ1n) is 7.68. The lowest BCUT2D eigenvalue weighted by molar-refractivity contribution is -0.145. The highest BCUT2D eigenvalue weighted by atomic mass is 16.4. The van der Waals surface area contributed by atoms with Crippen LogP contribution < -0.4 is 5.32 Å². The molecule has 0 spiro atoms. The SMILES string of the molecule is CCc1ccccc1NC(=O)C1CC(CC)CC1C(=O)O. The number of benzene rings is 1. The average Bonchev–Trinajstić information content (AvgIpc) is 2.92. The number of carboxylic acids is 1. The zero-order valence-corrected chi connectivity index (χ0v) is 12.6. The second kappa shape index (κ2) is 6.74. The van der Waals surface area contributed by atoms with Gasteiger partial charge < -0.3 is 10.4 Å². The minimum atomic E-state index is -0.852. The lowest BCUT2D eigenvalue weighted by Gasteiger charge is -2.17. The minimum Gasteiger partial charge on any atom is -0.481 e. The minimum absolute atomic E-state index is 0.153. The second-order valence-electron chi connectivity index (χ2n) is 5.80. The lowest BCUT2D eigenvalue weighted by atomic mass is 9.95. The van der Waals surface area contributed by atoms with Crippen molar-refractivity contribution in [3.63, 3.8) is 0 Å². The number of carbonyl (C=O) groups is 2. The number of aryl methyl sites for hydroxylation is 1. The van der Waals surface area contributed by atoms with Crippen LogP contribution in [0, 0.1) is 17.8 Å². The van der Waals surface area contributed by atoms with Crippen molar-refractivity contribution in [1.82, 2.24) is 0 Å². The summed E-state index contributed by atoms with van der Waals surface area (Å²) in [6.07, 6.45) is 3.05. The van der Waals surface area contributed by atoms with E-state index in [1.165, 1.54) is 0 Å². The Bertz CT molecular complexity index is 527. The van der Waals surface area contributed by atoms with E-state index >= 15 is 0 Å². The van der Waals surface area contributed by atoms with Gasteiger partial charge in [-0.05, 0) is 36.8 Å². The number of carboxylic acid groups (broad SMARTS) is 1. The maximum absolute atomic E-state index is 12.5. The van der Waals surface area contributed by atoms with E-state index in [1.807, 2.05) is 31.2 Å². The van der Waals surface area contributed by atoms with E-state index < -0.39 is 17.8 Å². The second-order valence-corrected chi connectivity index (χ2v) is 5.80. The summed E-state index contributed by atoms with van der Waals surface area (Å²) in [6.45, 7) is 4.09. The lowest BCUT2D eigenvalue weighted by Crippen LogP contribution is -2.30. The maximum atomic E-state index is 12.5. The van der Waals surface area contributed by atoms with Crippen LogP contribution in [0.3, 0.4) is 0 Å². The number of carbonyl (C=O) groups excluding carboxylic acids is 1. The molecular weight excluding hydrogens is 266 g/mol. The Labute approximate surface area is 125 Å². The molecule has 0 aromatic heterocycles. The molecule has 1 amide bonds. The van der Waals surface area contributed by atoms with E-state index in [4.69, 9.17) is 0 Å². The molecule has 1 aromatic carbocycles. The zero-order valence-electron chi connectivity index (χ0n) is 12.6. The molecule has 3 unspecified atom stereocenters. The van der Waals surface area contributed by atoms with Gasteiger partial charge in [-0.25, -0.2) is 0 Å². The van der Waals surface area contributed by atoms with Gasteiger partial charge in [0.2, 0.25) is 5.91 Å². The van der Waals surface area contributed by atoms with Gasteiger partial charge in [-0.1, -0.05) is 38.5 Å². The third-order valence-corrected chi connectivity index (χ3v) is 4.55. The van der Waals surface area contributed by atoms with Crippen molar-refractivity contribution in [3.05, 3.63) is 29.8 Å². The van der Waals surface area contributed by atoms with E-state index in [1.54, 1.807) is 0 Å². The summed E-state index contributed by atoms with van der Waals surface area (Å²) in [5.74, 6) is -1.64. The summed E-state index contributed by atoms with van der Waals surface area (Å²) in [5.41, 5.74) is 1.87. The third-order valence-electron chi connectivity index (χ3n) is 4.55. The van der Waals surface area contributed by atoms with Crippen LogP contribution in [-0.4, -0.2) is 17.0 Å². The van der Waals surface area contributed by atoms with E-state index in [0.29, 0.717) is 18.8 Å². The molecule has 1 aromatic rings. The first kappa shape index (κ1) is 15.5. The Kier molecular flexibility index (Phi) is 4.99. The summed E-state index contributed by atoms with van der Waals surface area (Å²) in [5, 5.41) is 12.3.